The first-order valence-electron chi connectivity index (χ1n) is 4.99. The van der Waals surface area contributed by atoms with Crippen molar-refractivity contribution in [2.75, 3.05) is 26.5 Å². The number of ether oxygens (including phenoxy) is 1. The van der Waals surface area contributed by atoms with Crippen LogP contribution in [0.5, 0.6) is 0 Å². The minimum atomic E-state index is -2.89. The van der Waals surface area contributed by atoms with Gasteiger partial charge in [0.2, 0.25) is 0 Å². The van der Waals surface area contributed by atoms with Gasteiger partial charge < -0.3 is 13.8 Å². The van der Waals surface area contributed by atoms with Crippen LogP contribution in [0.4, 0.5) is 0 Å². The third-order valence-electron chi connectivity index (χ3n) is 1.57. The molecule has 0 saturated heterocycles. The van der Waals surface area contributed by atoms with Crippen LogP contribution < -0.4 is 0 Å². The van der Waals surface area contributed by atoms with Crippen LogP contribution in [-0.2, 0) is 18.3 Å². The van der Waals surface area contributed by atoms with Gasteiger partial charge in [-0.25, -0.2) is 0 Å². The second-order valence-electron chi connectivity index (χ2n) is 3.12. The zero-order valence-electron chi connectivity index (χ0n) is 9.49. The lowest BCUT2D eigenvalue weighted by atomic mass is 10.5. The van der Waals surface area contributed by atoms with Gasteiger partial charge in [-0.1, -0.05) is 6.92 Å². The molecule has 2 unspecified atom stereocenters. The lowest BCUT2D eigenvalue weighted by molar-refractivity contribution is 0.0764. The molecule has 0 aromatic rings. The zero-order chi connectivity index (χ0) is 11.0. The standard InChI is InChI=1S/C9H21O4P/c1-5-7-14(10,12-6-2)13-9(3)8-11-4/h9H,5-8H2,1-4H3. The number of methoxy groups -OCH3 is 1. The van der Waals surface area contributed by atoms with Gasteiger partial charge in [-0.15, -0.1) is 0 Å². The maximum atomic E-state index is 12.0. The van der Waals surface area contributed by atoms with Crippen molar-refractivity contribution in [3.05, 3.63) is 0 Å². The topological polar surface area (TPSA) is 44.8 Å². The third-order valence-corrected chi connectivity index (χ3v) is 3.89. The van der Waals surface area contributed by atoms with Gasteiger partial charge in [-0.3, -0.25) is 4.57 Å². The van der Waals surface area contributed by atoms with Gasteiger partial charge in [-0.05, 0) is 20.3 Å². The Hall–Kier alpha value is 0.110. The molecule has 0 aliphatic carbocycles. The molecule has 0 fully saturated rings. The Morgan fingerprint density at radius 1 is 1.36 bits per heavy atom. The largest absolute Gasteiger partial charge is 0.382 e. The van der Waals surface area contributed by atoms with E-state index < -0.39 is 7.60 Å². The van der Waals surface area contributed by atoms with E-state index in [-0.39, 0.29) is 6.10 Å². The van der Waals surface area contributed by atoms with Gasteiger partial charge >= 0.3 is 7.60 Å². The number of rotatable bonds is 8. The van der Waals surface area contributed by atoms with Crippen LogP contribution in [0.3, 0.4) is 0 Å². The minimum absolute atomic E-state index is 0.191. The smallest absolute Gasteiger partial charge is 0.330 e. The van der Waals surface area contributed by atoms with Crippen molar-refractivity contribution in [2.45, 2.75) is 33.3 Å². The highest BCUT2D eigenvalue weighted by molar-refractivity contribution is 7.53. The Bertz CT molecular complexity index is 174. The molecular weight excluding hydrogens is 203 g/mol. The Morgan fingerprint density at radius 3 is 2.43 bits per heavy atom. The van der Waals surface area contributed by atoms with Crippen LogP contribution in [0, 0.1) is 0 Å². The first kappa shape index (κ1) is 14.1. The summed E-state index contributed by atoms with van der Waals surface area (Å²) in [5.41, 5.74) is 0. The Balaban J connectivity index is 4.13. The molecule has 0 N–H and O–H groups in total. The zero-order valence-corrected chi connectivity index (χ0v) is 10.4. The summed E-state index contributed by atoms with van der Waals surface area (Å²) in [6.45, 7) is 6.44. The molecular formula is C9H21O4P. The summed E-state index contributed by atoms with van der Waals surface area (Å²) in [5, 5.41) is 0. The van der Waals surface area contributed by atoms with Crippen molar-refractivity contribution in [3.8, 4) is 0 Å². The predicted octanol–water partition coefficient (Wildman–Crippen LogP) is 2.68. The molecule has 0 rings (SSSR count). The van der Waals surface area contributed by atoms with E-state index in [0.29, 0.717) is 19.4 Å². The molecule has 0 aromatic carbocycles. The highest BCUT2D eigenvalue weighted by Gasteiger charge is 2.25. The highest BCUT2D eigenvalue weighted by Crippen LogP contribution is 2.49. The fourth-order valence-electron chi connectivity index (χ4n) is 1.16. The molecule has 4 nitrogen and oxygen atoms in total. The van der Waals surface area contributed by atoms with Gasteiger partial charge in [0.25, 0.3) is 0 Å². The summed E-state index contributed by atoms with van der Waals surface area (Å²) < 4.78 is 27.4. The van der Waals surface area contributed by atoms with E-state index in [1.54, 1.807) is 7.11 Å². The van der Waals surface area contributed by atoms with Crippen LogP contribution in [0.1, 0.15) is 27.2 Å². The van der Waals surface area contributed by atoms with Gasteiger partial charge in [0.1, 0.15) is 0 Å². The predicted molar refractivity (Wildman–Crippen MR) is 56.8 cm³/mol. The molecule has 0 amide bonds. The van der Waals surface area contributed by atoms with Crippen LogP contribution in [0.15, 0.2) is 0 Å². The minimum Gasteiger partial charge on any atom is -0.382 e. The first-order chi connectivity index (χ1) is 6.58. The molecule has 0 radical (unpaired) electrons. The molecule has 5 heteroatoms. The monoisotopic (exact) mass is 224 g/mol. The maximum Gasteiger partial charge on any atom is 0.330 e. The van der Waals surface area contributed by atoms with E-state index >= 15 is 0 Å². The van der Waals surface area contributed by atoms with Crippen molar-refractivity contribution < 1.29 is 18.3 Å². The van der Waals surface area contributed by atoms with E-state index in [2.05, 4.69) is 0 Å². The normalized spacial score (nSPS) is 17.7. The van der Waals surface area contributed by atoms with E-state index in [1.165, 1.54) is 0 Å². The van der Waals surface area contributed by atoms with Gasteiger partial charge in [0.05, 0.1) is 19.3 Å². The summed E-state index contributed by atoms with van der Waals surface area (Å²) in [5.74, 6) is 0. The molecule has 0 bridgehead atoms. The Morgan fingerprint density at radius 2 is 2.00 bits per heavy atom. The van der Waals surface area contributed by atoms with Crippen molar-refractivity contribution in [3.63, 3.8) is 0 Å². The van der Waals surface area contributed by atoms with Crippen molar-refractivity contribution in [1.29, 1.82) is 0 Å². The molecule has 2 atom stereocenters. The molecule has 0 aliphatic heterocycles. The van der Waals surface area contributed by atoms with Gasteiger partial charge in [0, 0.05) is 13.3 Å². The van der Waals surface area contributed by atoms with E-state index in [4.69, 9.17) is 13.8 Å². The van der Waals surface area contributed by atoms with Crippen LogP contribution in [0.2, 0.25) is 0 Å². The van der Waals surface area contributed by atoms with Crippen molar-refractivity contribution in [1.82, 2.24) is 0 Å². The van der Waals surface area contributed by atoms with E-state index in [1.807, 2.05) is 20.8 Å². The summed E-state index contributed by atoms with van der Waals surface area (Å²) >= 11 is 0. The summed E-state index contributed by atoms with van der Waals surface area (Å²) in [6, 6.07) is 0. The van der Waals surface area contributed by atoms with Crippen LogP contribution >= 0.6 is 7.60 Å². The number of hydrogen-bond donors (Lipinski definition) is 0. The second kappa shape index (κ2) is 7.41. The lowest BCUT2D eigenvalue weighted by Crippen LogP contribution is -2.15. The summed E-state index contributed by atoms with van der Waals surface area (Å²) in [7, 11) is -1.30. The summed E-state index contributed by atoms with van der Waals surface area (Å²) in [6.07, 6.45) is 1.07. The third kappa shape index (κ3) is 5.76. The molecule has 0 aromatic heterocycles. The average Bonchev–Trinajstić information content (AvgIpc) is 2.04. The first-order valence-corrected chi connectivity index (χ1v) is 6.71. The van der Waals surface area contributed by atoms with E-state index in [0.717, 1.165) is 6.42 Å². The SMILES string of the molecule is CCCP(=O)(OCC)OC(C)COC. The Labute approximate surface area is 86.5 Å². The molecule has 86 valence electrons. The van der Waals surface area contributed by atoms with Gasteiger partial charge in [0.15, 0.2) is 0 Å². The molecule has 14 heavy (non-hydrogen) atoms. The maximum absolute atomic E-state index is 12.0. The molecule has 0 aliphatic rings. The molecule has 0 spiro atoms. The van der Waals surface area contributed by atoms with Crippen molar-refractivity contribution >= 4 is 7.60 Å². The quantitative estimate of drug-likeness (QED) is 0.594. The highest BCUT2D eigenvalue weighted by atomic mass is 31.2. The Kier molecular flexibility index (Phi) is 7.47. The van der Waals surface area contributed by atoms with Crippen LogP contribution in [0.25, 0.3) is 0 Å². The second-order valence-corrected chi connectivity index (χ2v) is 5.26. The van der Waals surface area contributed by atoms with Gasteiger partial charge in [-0.2, -0.15) is 0 Å². The molecule has 0 saturated carbocycles. The van der Waals surface area contributed by atoms with E-state index in [9.17, 15) is 4.57 Å². The number of hydrogen-bond acceptors (Lipinski definition) is 4. The fourth-order valence-corrected chi connectivity index (χ4v) is 3.00. The average molecular weight is 224 g/mol. The lowest BCUT2D eigenvalue weighted by Gasteiger charge is -2.21. The fraction of sp³-hybridized carbons (Fsp3) is 1.00. The summed E-state index contributed by atoms with van der Waals surface area (Å²) in [4.78, 5) is 0. The van der Waals surface area contributed by atoms with Crippen LogP contribution in [-0.4, -0.2) is 32.6 Å². The van der Waals surface area contributed by atoms with Crippen molar-refractivity contribution in [2.24, 2.45) is 0 Å². The molecule has 0 heterocycles.